The smallest absolute Gasteiger partial charge is 0.247 e. The van der Waals surface area contributed by atoms with Gasteiger partial charge in [0, 0.05) is 71.5 Å². The Morgan fingerprint density at radius 3 is 2.02 bits per heavy atom. The van der Waals surface area contributed by atoms with Crippen LogP contribution in [0.4, 0.5) is 5.69 Å². The van der Waals surface area contributed by atoms with E-state index in [2.05, 4.69) is 32.1 Å². The molecule has 21 nitrogen and oxygen atoms in total. The second-order valence-corrected chi connectivity index (χ2v) is 23.5. The molecular formula is C63H100N10O11. The second kappa shape index (κ2) is 36.6. The van der Waals surface area contributed by atoms with Crippen LogP contribution in [0.5, 0.6) is 0 Å². The van der Waals surface area contributed by atoms with Gasteiger partial charge in [0.1, 0.15) is 0 Å². The summed E-state index contributed by atoms with van der Waals surface area (Å²) in [6.07, 6.45) is 7.83. The van der Waals surface area contributed by atoms with Crippen LogP contribution in [0.25, 0.3) is 0 Å². The average Bonchev–Trinajstić information content (AvgIpc) is 4.17. The maximum Gasteiger partial charge on any atom is 0.247 e. The van der Waals surface area contributed by atoms with Crippen molar-refractivity contribution < 1.29 is 52.7 Å². The molecule has 0 aromatic heterocycles. The summed E-state index contributed by atoms with van der Waals surface area (Å²) in [4.78, 5) is 120. The van der Waals surface area contributed by atoms with Crippen molar-refractivity contribution in [3.05, 3.63) is 77.5 Å². The molecule has 4 rings (SSSR count). The van der Waals surface area contributed by atoms with E-state index in [0.717, 1.165) is 44.3 Å². The van der Waals surface area contributed by atoms with Gasteiger partial charge in [-0.05, 0) is 107 Å². The number of allylic oxidation sites excluding steroid dienone is 1. The van der Waals surface area contributed by atoms with Crippen LogP contribution in [0.1, 0.15) is 130 Å². The van der Waals surface area contributed by atoms with Gasteiger partial charge in [-0.25, -0.2) is 5.48 Å². The van der Waals surface area contributed by atoms with Crippen LogP contribution < -0.4 is 32.1 Å². The van der Waals surface area contributed by atoms with E-state index in [9.17, 15) is 38.4 Å². The average molecular weight is 1170 g/mol. The molecule has 8 amide bonds. The van der Waals surface area contributed by atoms with Crippen molar-refractivity contribution in [3.8, 4) is 0 Å². The van der Waals surface area contributed by atoms with Crippen LogP contribution in [-0.4, -0.2) is 178 Å². The van der Waals surface area contributed by atoms with E-state index >= 15 is 0 Å². The molecule has 0 aliphatic carbocycles. The number of likely N-dealkylation sites (N-methyl/N-ethyl adjacent to an activating group) is 2. The SMILES string of the molecule is CCC(C)C(C(CC(=O)N1CCCC1C(OC)C(C)C(=O)N/C(=C\CC(=O)NOCc1ccc(NC(=O)CNC(=O)C(NCCCCC(=O)N2CCCCC2)C(C)C)cc1)Cc1ccccc1)OC)N(C)C(=O)CNC(=O)C(C(C)C)N(C)C. The van der Waals surface area contributed by atoms with E-state index in [0.29, 0.717) is 62.1 Å². The van der Waals surface area contributed by atoms with Crippen LogP contribution in [0.3, 0.4) is 0 Å². The first kappa shape index (κ1) is 70.2. The van der Waals surface area contributed by atoms with Crippen molar-refractivity contribution in [1.29, 1.82) is 0 Å². The fourth-order valence-corrected chi connectivity index (χ4v) is 11.3. The number of carbonyl (C=O) groups excluding carboxylic acids is 8. The molecule has 2 heterocycles. The molecule has 0 saturated carbocycles. The van der Waals surface area contributed by atoms with Crippen LogP contribution in [0.15, 0.2) is 66.4 Å². The highest BCUT2D eigenvalue weighted by Crippen LogP contribution is 2.30. The molecule has 2 aromatic rings. The minimum atomic E-state index is -0.724. The number of nitrogens with zero attached hydrogens (tertiary/aromatic N) is 4. The monoisotopic (exact) mass is 1170 g/mol. The molecule has 2 fully saturated rings. The molecule has 2 aromatic carbocycles. The lowest BCUT2D eigenvalue weighted by Gasteiger charge is -2.39. The first-order valence-electron chi connectivity index (χ1n) is 30.3. The minimum absolute atomic E-state index is 0.0153. The zero-order valence-electron chi connectivity index (χ0n) is 52.3. The predicted octanol–water partition coefficient (Wildman–Crippen LogP) is 5.34. The molecule has 2 aliphatic rings. The van der Waals surface area contributed by atoms with Crippen molar-refractivity contribution in [1.82, 2.24) is 46.3 Å². The number of methoxy groups -OCH3 is 2. The van der Waals surface area contributed by atoms with Crippen molar-refractivity contribution >= 4 is 52.9 Å². The lowest BCUT2D eigenvalue weighted by molar-refractivity contribution is -0.145. The van der Waals surface area contributed by atoms with E-state index in [1.54, 1.807) is 54.1 Å². The molecule has 0 spiro atoms. The summed E-state index contributed by atoms with van der Waals surface area (Å²) < 4.78 is 12.0. The molecule has 0 bridgehead atoms. The largest absolute Gasteiger partial charge is 0.379 e. The summed E-state index contributed by atoms with van der Waals surface area (Å²) in [6.45, 7) is 15.9. The topological polar surface area (TPSA) is 249 Å². The number of hydroxylamine groups is 1. The van der Waals surface area contributed by atoms with Crippen molar-refractivity contribution in [2.45, 2.75) is 168 Å². The quantitative estimate of drug-likeness (QED) is 0.0377. The van der Waals surface area contributed by atoms with Crippen LogP contribution in [0, 0.1) is 23.7 Å². The van der Waals surface area contributed by atoms with Crippen LogP contribution in [-0.2, 0) is 65.7 Å². The highest BCUT2D eigenvalue weighted by Gasteiger charge is 2.42. The molecule has 2 aliphatic heterocycles. The maximum absolute atomic E-state index is 14.4. The molecule has 2 saturated heterocycles. The van der Waals surface area contributed by atoms with Crippen molar-refractivity contribution in [2.75, 3.05) is 79.9 Å². The van der Waals surface area contributed by atoms with Gasteiger partial charge in [-0.15, -0.1) is 0 Å². The number of hydrogen-bond acceptors (Lipinski definition) is 13. The van der Waals surface area contributed by atoms with Gasteiger partial charge in [0.25, 0.3) is 0 Å². The van der Waals surface area contributed by atoms with E-state index < -0.39 is 54.1 Å². The van der Waals surface area contributed by atoms with Crippen molar-refractivity contribution in [2.24, 2.45) is 23.7 Å². The van der Waals surface area contributed by atoms with Gasteiger partial charge in [-0.3, -0.25) is 48.1 Å². The molecule has 8 unspecified atom stereocenters. The number of piperidine rings is 1. The van der Waals surface area contributed by atoms with E-state index in [1.165, 1.54) is 20.6 Å². The summed E-state index contributed by atoms with van der Waals surface area (Å²) in [7, 11) is 8.41. The standard InChI is InChI=1S/C63H100N10O11/c1-13-44(6)59(71(10)56(78)40-66-63(81)58(43(4)5)70(8)9)51(82-11)38-55(77)73-36-22-25-50(73)60(83-12)45(7)61(79)68-49(37-46-23-16-14-17-24-46)31-32-52(74)69-84-41-47-27-29-48(30-28-47)67-53(75)39-65-62(80)57(42(2)3)64-33-19-18-26-54(76)72-34-20-15-21-35-72/h14,16-17,23-24,27-31,42-45,50-51,57-60,64H,13,15,18-22,25-26,32-41H2,1-12H3,(H,65,80)(H,66,81)(H,67,75)(H,68,79)(H,69,74)/b49-31-. The number of rotatable bonds is 35. The number of carbonyl (C=O) groups is 8. The first-order valence-corrected chi connectivity index (χ1v) is 30.3. The number of nitrogens with one attached hydrogen (secondary N) is 6. The second-order valence-electron chi connectivity index (χ2n) is 23.5. The fraction of sp³-hybridized carbons (Fsp3) is 0.651. The third kappa shape index (κ3) is 22.6. The highest BCUT2D eigenvalue weighted by molar-refractivity contribution is 5.95. The Bertz CT molecular complexity index is 2430. The molecule has 84 heavy (non-hydrogen) atoms. The van der Waals surface area contributed by atoms with Gasteiger partial charge >= 0.3 is 0 Å². The number of hydrogen-bond donors (Lipinski definition) is 6. The summed E-state index contributed by atoms with van der Waals surface area (Å²) in [6, 6.07) is 14.6. The zero-order chi connectivity index (χ0) is 61.9. The van der Waals surface area contributed by atoms with Gasteiger partial charge in [0.05, 0.1) is 68.4 Å². The normalized spacial score (nSPS) is 17.2. The summed E-state index contributed by atoms with van der Waals surface area (Å²) in [5, 5.41) is 14.7. The van der Waals surface area contributed by atoms with E-state index in [-0.39, 0.29) is 85.7 Å². The third-order valence-electron chi connectivity index (χ3n) is 16.2. The number of amides is 8. The maximum atomic E-state index is 14.4. The van der Waals surface area contributed by atoms with Gasteiger partial charge in [-0.2, -0.15) is 0 Å². The Morgan fingerprint density at radius 2 is 1.40 bits per heavy atom. The van der Waals surface area contributed by atoms with Crippen LogP contribution >= 0.6 is 0 Å². The number of likely N-dealkylation sites (tertiary alicyclic amines) is 2. The minimum Gasteiger partial charge on any atom is -0.379 e. The third-order valence-corrected chi connectivity index (χ3v) is 16.2. The number of unbranched alkanes of at least 4 members (excludes halogenated alkanes) is 1. The van der Waals surface area contributed by atoms with Crippen molar-refractivity contribution in [3.63, 3.8) is 0 Å². The Morgan fingerprint density at radius 1 is 0.726 bits per heavy atom. The summed E-state index contributed by atoms with van der Waals surface area (Å²) in [5.41, 5.74) is 5.10. The van der Waals surface area contributed by atoms with E-state index in [1.807, 2.05) is 95.8 Å². The molecule has 6 N–H and O–H groups in total. The zero-order valence-corrected chi connectivity index (χ0v) is 52.3. The van der Waals surface area contributed by atoms with Crippen LogP contribution in [0.2, 0.25) is 0 Å². The highest BCUT2D eigenvalue weighted by atomic mass is 16.6. The fourth-order valence-electron chi connectivity index (χ4n) is 11.3. The Kier molecular flexibility index (Phi) is 30.6. The Balaban J connectivity index is 1.28. The molecule has 0 radical (unpaired) electrons. The molecular weight excluding hydrogens is 1070 g/mol. The number of benzene rings is 2. The predicted molar refractivity (Wildman–Crippen MR) is 324 cm³/mol. The Labute approximate surface area is 499 Å². The van der Waals surface area contributed by atoms with Gasteiger partial charge in [0.15, 0.2) is 0 Å². The molecule has 21 heteroatoms. The lowest BCUT2D eigenvalue weighted by atomic mass is 9.90. The van der Waals surface area contributed by atoms with Gasteiger partial charge in [-0.1, -0.05) is 103 Å². The van der Waals surface area contributed by atoms with Gasteiger partial charge in [0.2, 0.25) is 47.3 Å². The number of anilines is 1. The molecule has 8 atom stereocenters. The number of ether oxygens (including phenoxy) is 2. The van der Waals surface area contributed by atoms with Gasteiger partial charge < -0.3 is 50.8 Å². The summed E-state index contributed by atoms with van der Waals surface area (Å²) in [5.74, 6) is -2.74. The Hall–Kier alpha value is -6.26. The molecule has 468 valence electrons. The summed E-state index contributed by atoms with van der Waals surface area (Å²) >= 11 is 0. The lowest BCUT2D eigenvalue weighted by Crippen LogP contribution is -2.55. The first-order chi connectivity index (χ1) is 40.1. The van der Waals surface area contributed by atoms with E-state index in [4.69, 9.17) is 14.3 Å².